The molecule has 0 radical (unpaired) electrons. The van der Waals surface area contributed by atoms with Crippen molar-refractivity contribution in [1.82, 2.24) is 5.32 Å². The molecule has 1 heterocycles. The van der Waals surface area contributed by atoms with Crippen molar-refractivity contribution >= 4 is 12.4 Å². The van der Waals surface area contributed by atoms with Gasteiger partial charge in [-0.2, -0.15) is 0 Å². The van der Waals surface area contributed by atoms with Crippen molar-refractivity contribution in [3.8, 4) is 0 Å². The van der Waals surface area contributed by atoms with E-state index in [1.807, 2.05) is 0 Å². The van der Waals surface area contributed by atoms with E-state index in [1.54, 1.807) is 7.11 Å². The first-order chi connectivity index (χ1) is 4.83. The topological polar surface area (TPSA) is 41.5 Å². The van der Waals surface area contributed by atoms with Crippen LogP contribution in [0.25, 0.3) is 0 Å². The lowest BCUT2D eigenvalue weighted by Crippen LogP contribution is -2.45. The Bertz CT molecular complexity index is 98.6. The average molecular weight is 182 g/mol. The summed E-state index contributed by atoms with van der Waals surface area (Å²) in [5.41, 5.74) is -0.245. The number of nitrogens with one attached hydrogen (secondary N) is 1. The first-order valence-electron chi connectivity index (χ1n) is 3.70. The minimum Gasteiger partial charge on any atom is -0.393 e. The summed E-state index contributed by atoms with van der Waals surface area (Å²) in [6.07, 6.45) is 1.83. The van der Waals surface area contributed by atoms with Crippen LogP contribution in [0.5, 0.6) is 0 Å². The number of piperidine rings is 1. The summed E-state index contributed by atoms with van der Waals surface area (Å²) < 4.78 is 5.24. The highest BCUT2D eigenvalue weighted by Gasteiger charge is 2.30. The number of hydrogen-bond donors (Lipinski definition) is 2. The third-order valence-corrected chi connectivity index (χ3v) is 2.24. The molecule has 0 saturated carbocycles. The van der Waals surface area contributed by atoms with E-state index in [1.165, 1.54) is 0 Å². The SMILES string of the molecule is COC1(CO)CCNCC1.Cl. The van der Waals surface area contributed by atoms with E-state index in [0.29, 0.717) is 0 Å². The number of ether oxygens (including phenoxy) is 1. The van der Waals surface area contributed by atoms with Crippen LogP contribution in [-0.2, 0) is 4.74 Å². The number of aliphatic hydroxyl groups is 1. The third-order valence-electron chi connectivity index (χ3n) is 2.24. The van der Waals surface area contributed by atoms with Crippen LogP contribution < -0.4 is 5.32 Å². The summed E-state index contributed by atoms with van der Waals surface area (Å²) >= 11 is 0. The molecule has 4 heteroatoms. The molecular formula is C7H16ClNO2. The number of hydrogen-bond acceptors (Lipinski definition) is 3. The molecule has 1 aliphatic heterocycles. The highest BCUT2D eigenvalue weighted by atomic mass is 35.5. The van der Waals surface area contributed by atoms with Crippen molar-refractivity contribution in [3.05, 3.63) is 0 Å². The Hall–Kier alpha value is 0.170. The van der Waals surface area contributed by atoms with Gasteiger partial charge in [-0.15, -0.1) is 12.4 Å². The minimum atomic E-state index is -0.245. The second-order valence-corrected chi connectivity index (χ2v) is 2.80. The van der Waals surface area contributed by atoms with Crippen molar-refractivity contribution in [2.45, 2.75) is 18.4 Å². The summed E-state index contributed by atoms with van der Waals surface area (Å²) in [5.74, 6) is 0. The maximum absolute atomic E-state index is 8.99. The molecular weight excluding hydrogens is 166 g/mol. The Balaban J connectivity index is 0.000001000. The molecule has 11 heavy (non-hydrogen) atoms. The highest BCUT2D eigenvalue weighted by molar-refractivity contribution is 5.85. The smallest absolute Gasteiger partial charge is 0.0932 e. The van der Waals surface area contributed by atoms with Crippen LogP contribution in [0.4, 0.5) is 0 Å². The summed E-state index contributed by atoms with van der Waals surface area (Å²) in [6, 6.07) is 0. The van der Waals surface area contributed by atoms with Crippen molar-refractivity contribution < 1.29 is 9.84 Å². The molecule has 68 valence electrons. The van der Waals surface area contributed by atoms with Crippen molar-refractivity contribution in [2.24, 2.45) is 0 Å². The fraction of sp³-hybridized carbons (Fsp3) is 1.00. The minimum absolute atomic E-state index is 0. The van der Waals surface area contributed by atoms with Crippen LogP contribution in [0.1, 0.15) is 12.8 Å². The standard InChI is InChI=1S/C7H15NO2.ClH/c1-10-7(6-9)2-4-8-5-3-7;/h8-9H,2-6H2,1H3;1H. The average Bonchev–Trinajstić information content (AvgIpc) is 2.06. The van der Waals surface area contributed by atoms with Crippen molar-refractivity contribution in [2.75, 3.05) is 26.8 Å². The van der Waals surface area contributed by atoms with Gasteiger partial charge in [-0.1, -0.05) is 0 Å². The van der Waals surface area contributed by atoms with E-state index in [2.05, 4.69) is 5.32 Å². The highest BCUT2D eigenvalue weighted by Crippen LogP contribution is 2.20. The molecule has 0 spiro atoms. The Morgan fingerprint density at radius 3 is 2.27 bits per heavy atom. The zero-order chi connectivity index (χ0) is 7.45. The van der Waals surface area contributed by atoms with Gasteiger partial charge in [-0.05, 0) is 25.9 Å². The lowest BCUT2D eigenvalue weighted by Gasteiger charge is -2.34. The van der Waals surface area contributed by atoms with Gasteiger partial charge in [0.25, 0.3) is 0 Å². The molecule has 0 aromatic heterocycles. The zero-order valence-corrected chi connectivity index (χ0v) is 7.62. The van der Waals surface area contributed by atoms with E-state index >= 15 is 0 Å². The largest absolute Gasteiger partial charge is 0.393 e. The van der Waals surface area contributed by atoms with Gasteiger partial charge in [-0.3, -0.25) is 0 Å². The second-order valence-electron chi connectivity index (χ2n) is 2.80. The molecule has 0 aromatic rings. The van der Waals surface area contributed by atoms with Crippen molar-refractivity contribution in [1.29, 1.82) is 0 Å². The van der Waals surface area contributed by atoms with Crippen molar-refractivity contribution in [3.63, 3.8) is 0 Å². The summed E-state index contributed by atoms with van der Waals surface area (Å²) in [7, 11) is 1.67. The fourth-order valence-corrected chi connectivity index (χ4v) is 1.31. The van der Waals surface area contributed by atoms with E-state index in [9.17, 15) is 0 Å². The lowest BCUT2D eigenvalue weighted by atomic mass is 9.93. The van der Waals surface area contributed by atoms with Gasteiger partial charge in [-0.25, -0.2) is 0 Å². The van der Waals surface area contributed by atoms with E-state index in [0.717, 1.165) is 25.9 Å². The molecule has 1 fully saturated rings. The molecule has 0 atom stereocenters. The first-order valence-corrected chi connectivity index (χ1v) is 3.70. The summed E-state index contributed by atoms with van der Waals surface area (Å²) in [5, 5.41) is 12.2. The van der Waals surface area contributed by atoms with E-state index in [-0.39, 0.29) is 24.6 Å². The lowest BCUT2D eigenvalue weighted by molar-refractivity contribution is -0.0708. The van der Waals surface area contributed by atoms with Crippen LogP contribution in [0.3, 0.4) is 0 Å². The number of aliphatic hydroxyl groups excluding tert-OH is 1. The Morgan fingerprint density at radius 2 is 2.00 bits per heavy atom. The van der Waals surface area contributed by atoms with E-state index < -0.39 is 0 Å². The summed E-state index contributed by atoms with van der Waals surface area (Å²) in [4.78, 5) is 0. The van der Waals surface area contributed by atoms with Gasteiger partial charge in [0.15, 0.2) is 0 Å². The maximum Gasteiger partial charge on any atom is 0.0932 e. The van der Waals surface area contributed by atoms with Crippen LogP contribution in [-0.4, -0.2) is 37.5 Å². The Morgan fingerprint density at radius 1 is 1.45 bits per heavy atom. The number of halogens is 1. The Kier molecular flexibility index (Phi) is 5.01. The van der Waals surface area contributed by atoms with Gasteiger partial charge in [0.2, 0.25) is 0 Å². The molecule has 0 aliphatic carbocycles. The molecule has 0 bridgehead atoms. The third kappa shape index (κ3) is 2.60. The predicted octanol–water partition coefficient (Wildman–Crippen LogP) is 0.169. The molecule has 0 amide bonds. The van der Waals surface area contributed by atoms with Crippen LogP contribution in [0.2, 0.25) is 0 Å². The second kappa shape index (κ2) is 4.93. The maximum atomic E-state index is 8.99. The van der Waals surface area contributed by atoms with Crippen LogP contribution in [0, 0.1) is 0 Å². The fourth-order valence-electron chi connectivity index (χ4n) is 1.31. The monoisotopic (exact) mass is 181 g/mol. The van der Waals surface area contributed by atoms with Gasteiger partial charge in [0.1, 0.15) is 0 Å². The van der Waals surface area contributed by atoms with Gasteiger partial charge < -0.3 is 15.2 Å². The van der Waals surface area contributed by atoms with E-state index in [4.69, 9.17) is 9.84 Å². The Labute approximate surface area is 73.5 Å². The molecule has 3 nitrogen and oxygen atoms in total. The molecule has 1 aliphatic rings. The molecule has 0 aromatic carbocycles. The number of methoxy groups -OCH3 is 1. The number of rotatable bonds is 2. The molecule has 1 saturated heterocycles. The van der Waals surface area contributed by atoms with Gasteiger partial charge in [0, 0.05) is 7.11 Å². The normalized spacial score (nSPS) is 22.4. The van der Waals surface area contributed by atoms with Gasteiger partial charge in [0.05, 0.1) is 12.2 Å². The van der Waals surface area contributed by atoms with Crippen LogP contribution >= 0.6 is 12.4 Å². The quantitative estimate of drug-likeness (QED) is 0.638. The van der Waals surface area contributed by atoms with Crippen LogP contribution in [0.15, 0.2) is 0 Å². The zero-order valence-electron chi connectivity index (χ0n) is 6.80. The molecule has 0 unspecified atom stereocenters. The van der Waals surface area contributed by atoms with Gasteiger partial charge >= 0.3 is 0 Å². The first kappa shape index (κ1) is 11.2. The summed E-state index contributed by atoms with van der Waals surface area (Å²) in [6.45, 7) is 2.05. The molecule has 1 rings (SSSR count). The predicted molar refractivity (Wildman–Crippen MR) is 46.2 cm³/mol. The molecule has 2 N–H and O–H groups in total.